The number of fused-ring (bicyclic) bond motifs is 1. The van der Waals surface area contributed by atoms with Crippen LogP contribution in [-0.4, -0.2) is 39.9 Å². The molecule has 0 unspecified atom stereocenters. The number of rotatable bonds is 6. The van der Waals surface area contributed by atoms with Crippen molar-refractivity contribution in [2.75, 3.05) is 14.2 Å². The van der Waals surface area contributed by atoms with Gasteiger partial charge in [0.25, 0.3) is 5.91 Å². The molecule has 8 heteroatoms. The van der Waals surface area contributed by atoms with Crippen molar-refractivity contribution in [2.45, 2.75) is 6.54 Å². The molecule has 0 spiro atoms. The topological polar surface area (TPSA) is 93.5 Å². The summed E-state index contributed by atoms with van der Waals surface area (Å²) in [6.07, 6.45) is 1.86. The monoisotopic (exact) mass is 377 g/mol. The van der Waals surface area contributed by atoms with Crippen molar-refractivity contribution in [3.05, 3.63) is 66.1 Å². The molecule has 28 heavy (non-hydrogen) atoms. The SMILES string of the molecule is COc1ccc(OC)c(-c2cc(C(=O)NCc3cc4ccccn4n3)[nH]n2)c1. The Balaban J connectivity index is 1.50. The molecule has 8 nitrogen and oxygen atoms in total. The Labute approximate surface area is 161 Å². The lowest BCUT2D eigenvalue weighted by Gasteiger charge is -2.08. The van der Waals surface area contributed by atoms with E-state index in [1.807, 2.05) is 36.5 Å². The minimum absolute atomic E-state index is 0.266. The number of aromatic amines is 1. The van der Waals surface area contributed by atoms with Crippen LogP contribution in [0.4, 0.5) is 0 Å². The van der Waals surface area contributed by atoms with E-state index in [-0.39, 0.29) is 5.91 Å². The van der Waals surface area contributed by atoms with E-state index in [1.54, 1.807) is 36.9 Å². The lowest BCUT2D eigenvalue weighted by Crippen LogP contribution is -2.23. The smallest absolute Gasteiger partial charge is 0.269 e. The summed E-state index contributed by atoms with van der Waals surface area (Å²) in [6.45, 7) is 0.317. The summed E-state index contributed by atoms with van der Waals surface area (Å²) in [4.78, 5) is 12.5. The van der Waals surface area contributed by atoms with Gasteiger partial charge in [-0.2, -0.15) is 10.2 Å². The molecule has 2 N–H and O–H groups in total. The van der Waals surface area contributed by atoms with Crippen LogP contribution in [0.15, 0.2) is 54.7 Å². The fourth-order valence-electron chi connectivity index (χ4n) is 2.93. The predicted molar refractivity (Wildman–Crippen MR) is 103 cm³/mol. The zero-order valence-corrected chi connectivity index (χ0v) is 15.5. The first-order valence-corrected chi connectivity index (χ1v) is 8.67. The lowest BCUT2D eigenvalue weighted by atomic mass is 10.1. The third-order valence-electron chi connectivity index (χ3n) is 4.36. The number of hydrogen-bond donors (Lipinski definition) is 2. The number of ether oxygens (including phenoxy) is 2. The number of methoxy groups -OCH3 is 2. The first-order valence-electron chi connectivity index (χ1n) is 8.67. The second kappa shape index (κ2) is 7.43. The van der Waals surface area contributed by atoms with Gasteiger partial charge in [0.1, 0.15) is 17.2 Å². The minimum Gasteiger partial charge on any atom is -0.497 e. The second-order valence-corrected chi connectivity index (χ2v) is 6.12. The van der Waals surface area contributed by atoms with Gasteiger partial charge in [0.15, 0.2) is 0 Å². The number of nitrogens with one attached hydrogen (secondary N) is 2. The molecular weight excluding hydrogens is 358 g/mol. The zero-order chi connectivity index (χ0) is 19.5. The average Bonchev–Trinajstić information content (AvgIpc) is 3.38. The first kappa shape index (κ1) is 17.6. The molecule has 3 heterocycles. The van der Waals surface area contributed by atoms with Gasteiger partial charge < -0.3 is 14.8 Å². The van der Waals surface area contributed by atoms with Crippen LogP contribution in [0.3, 0.4) is 0 Å². The maximum absolute atomic E-state index is 12.5. The van der Waals surface area contributed by atoms with Gasteiger partial charge in [0.2, 0.25) is 0 Å². The Morgan fingerprint density at radius 2 is 2.04 bits per heavy atom. The maximum atomic E-state index is 12.5. The van der Waals surface area contributed by atoms with Gasteiger partial charge >= 0.3 is 0 Å². The molecule has 0 atom stereocenters. The van der Waals surface area contributed by atoms with E-state index >= 15 is 0 Å². The Kier molecular flexibility index (Phi) is 4.67. The van der Waals surface area contributed by atoms with Gasteiger partial charge in [0, 0.05) is 11.8 Å². The highest BCUT2D eigenvalue weighted by molar-refractivity contribution is 5.93. The number of hydrogen-bond acceptors (Lipinski definition) is 5. The second-order valence-electron chi connectivity index (χ2n) is 6.12. The van der Waals surface area contributed by atoms with E-state index in [9.17, 15) is 4.79 Å². The van der Waals surface area contributed by atoms with Crippen LogP contribution in [0.2, 0.25) is 0 Å². The van der Waals surface area contributed by atoms with E-state index in [2.05, 4.69) is 20.6 Å². The highest BCUT2D eigenvalue weighted by Gasteiger charge is 2.15. The van der Waals surface area contributed by atoms with E-state index in [0.717, 1.165) is 16.8 Å². The molecule has 0 radical (unpaired) electrons. The highest BCUT2D eigenvalue weighted by atomic mass is 16.5. The van der Waals surface area contributed by atoms with E-state index in [4.69, 9.17) is 9.47 Å². The molecule has 4 aromatic rings. The van der Waals surface area contributed by atoms with Crippen molar-refractivity contribution in [1.82, 2.24) is 25.1 Å². The molecule has 142 valence electrons. The molecule has 0 aliphatic rings. The molecule has 0 aliphatic heterocycles. The van der Waals surface area contributed by atoms with Gasteiger partial charge in [-0.05, 0) is 42.5 Å². The van der Waals surface area contributed by atoms with Gasteiger partial charge in [-0.1, -0.05) is 6.07 Å². The standard InChI is InChI=1S/C20H19N5O3/c1-27-15-6-7-19(28-2)16(10-15)17-11-18(23-22-17)20(26)21-12-13-9-14-5-3-4-8-25(14)24-13/h3-11H,12H2,1-2H3,(H,21,26)(H,22,23). The van der Waals surface area contributed by atoms with Crippen LogP contribution in [0, 0.1) is 0 Å². The quantitative estimate of drug-likeness (QED) is 0.539. The van der Waals surface area contributed by atoms with Crippen LogP contribution in [-0.2, 0) is 6.54 Å². The molecular formula is C20H19N5O3. The van der Waals surface area contributed by atoms with E-state index < -0.39 is 0 Å². The molecule has 0 fully saturated rings. The van der Waals surface area contributed by atoms with Crippen LogP contribution in [0.25, 0.3) is 16.8 Å². The summed E-state index contributed by atoms with van der Waals surface area (Å²) in [5, 5.41) is 14.3. The fourth-order valence-corrected chi connectivity index (χ4v) is 2.93. The number of H-pyrrole nitrogens is 1. The van der Waals surface area contributed by atoms with Crippen LogP contribution in [0.5, 0.6) is 11.5 Å². The molecule has 3 aromatic heterocycles. The van der Waals surface area contributed by atoms with Crippen molar-refractivity contribution < 1.29 is 14.3 Å². The van der Waals surface area contributed by atoms with E-state index in [1.165, 1.54) is 0 Å². The summed E-state index contributed by atoms with van der Waals surface area (Å²) >= 11 is 0. The van der Waals surface area contributed by atoms with Crippen LogP contribution < -0.4 is 14.8 Å². The average molecular weight is 377 g/mol. The lowest BCUT2D eigenvalue weighted by molar-refractivity contribution is 0.0945. The van der Waals surface area contributed by atoms with Gasteiger partial charge in [-0.15, -0.1) is 0 Å². The number of amides is 1. The number of carbonyl (C=O) groups is 1. The van der Waals surface area contributed by atoms with Gasteiger partial charge in [-0.3, -0.25) is 9.89 Å². The predicted octanol–water partition coefficient (Wildman–Crippen LogP) is 2.67. The van der Waals surface area contributed by atoms with Crippen molar-refractivity contribution in [3.63, 3.8) is 0 Å². The molecule has 1 aromatic carbocycles. The Hall–Kier alpha value is -3.81. The van der Waals surface area contributed by atoms with Crippen LogP contribution in [0.1, 0.15) is 16.2 Å². The molecule has 0 saturated heterocycles. The Bertz CT molecular complexity index is 1100. The summed E-state index contributed by atoms with van der Waals surface area (Å²) in [5.41, 5.74) is 3.42. The number of carbonyl (C=O) groups excluding carboxylic acids is 1. The number of nitrogens with zero attached hydrogens (tertiary/aromatic N) is 3. The maximum Gasteiger partial charge on any atom is 0.269 e. The van der Waals surface area contributed by atoms with Gasteiger partial charge in [0.05, 0.1) is 37.7 Å². The molecule has 0 aliphatic carbocycles. The Morgan fingerprint density at radius 3 is 2.82 bits per heavy atom. The van der Waals surface area contributed by atoms with Crippen molar-refractivity contribution in [1.29, 1.82) is 0 Å². The summed E-state index contributed by atoms with van der Waals surface area (Å²) in [6, 6.07) is 14.8. The number of benzene rings is 1. The van der Waals surface area contributed by atoms with Gasteiger partial charge in [-0.25, -0.2) is 4.52 Å². The normalized spacial score (nSPS) is 10.8. The van der Waals surface area contributed by atoms with Crippen molar-refractivity contribution in [2.24, 2.45) is 0 Å². The molecule has 0 saturated carbocycles. The summed E-state index contributed by atoms with van der Waals surface area (Å²) in [5.74, 6) is 1.05. The summed E-state index contributed by atoms with van der Waals surface area (Å²) < 4.78 is 12.4. The fraction of sp³-hybridized carbons (Fsp3) is 0.150. The Morgan fingerprint density at radius 1 is 1.14 bits per heavy atom. The first-order chi connectivity index (χ1) is 13.7. The molecule has 0 bridgehead atoms. The van der Waals surface area contributed by atoms with E-state index in [0.29, 0.717) is 29.4 Å². The van der Waals surface area contributed by atoms with Crippen molar-refractivity contribution >= 4 is 11.4 Å². The highest BCUT2D eigenvalue weighted by Crippen LogP contribution is 2.32. The molecule has 1 amide bonds. The largest absolute Gasteiger partial charge is 0.497 e. The van der Waals surface area contributed by atoms with Crippen molar-refractivity contribution in [3.8, 4) is 22.8 Å². The number of aromatic nitrogens is 4. The zero-order valence-electron chi connectivity index (χ0n) is 15.5. The summed E-state index contributed by atoms with van der Waals surface area (Å²) in [7, 11) is 3.18. The molecule has 4 rings (SSSR count). The van der Waals surface area contributed by atoms with Crippen LogP contribution >= 0.6 is 0 Å². The third-order valence-corrected chi connectivity index (χ3v) is 4.36. The minimum atomic E-state index is -0.266. The number of pyridine rings is 1. The third kappa shape index (κ3) is 3.39.